The van der Waals surface area contributed by atoms with Crippen molar-refractivity contribution in [1.29, 1.82) is 0 Å². The number of benzene rings is 1. The molecule has 0 spiro atoms. The smallest absolute Gasteiger partial charge is 0.326 e. The van der Waals surface area contributed by atoms with Crippen LogP contribution in [0.4, 0.5) is 0 Å². The van der Waals surface area contributed by atoms with Crippen LogP contribution in [0.2, 0.25) is 0 Å². The lowest BCUT2D eigenvalue weighted by atomic mass is 9.63. The van der Waals surface area contributed by atoms with Crippen LogP contribution in [0.1, 0.15) is 45.1 Å². The molecule has 4 heteroatoms. The van der Waals surface area contributed by atoms with Crippen molar-refractivity contribution in [1.82, 2.24) is 5.32 Å². The van der Waals surface area contributed by atoms with Crippen molar-refractivity contribution in [3.05, 3.63) is 35.9 Å². The highest BCUT2D eigenvalue weighted by atomic mass is 16.4. The van der Waals surface area contributed by atoms with Crippen LogP contribution in [0.15, 0.2) is 30.3 Å². The minimum atomic E-state index is -0.958. The number of carboxylic acids is 1. The fourth-order valence-corrected chi connectivity index (χ4v) is 2.90. The van der Waals surface area contributed by atoms with Crippen LogP contribution < -0.4 is 5.32 Å². The number of hydrogen-bond donors (Lipinski definition) is 2. The Bertz CT molecular complexity index is 508. The van der Waals surface area contributed by atoms with Gasteiger partial charge in [0.2, 0.25) is 5.91 Å². The summed E-state index contributed by atoms with van der Waals surface area (Å²) in [7, 11) is 0. The Labute approximate surface area is 125 Å². The molecule has 0 saturated heterocycles. The van der Waals surface area contributed by atoms with E-state index >= 15 is 0 Å². The van der Waals surface area contributed by atoms with Gasteiger partial charge in [-0.15, -0.1) is 0 Å². The highest BCUT2D eigenvalue weighted by molar-refractivity contribution is 5.92. The molecule has 1 aliphatic rings. The third-order valence-electron chi connectivity index (χ3n) is 4.73. The quantitative estimate of drug-likeness (QED) is 0.846. The lowest BCUT2D eigenvalue weighted by molar-refractivity contribution is -0.145. The molecule has 0 aromatic heterocycles. The summed E-state index contributed by atoms with van der Waals surface area (Å²) in [6.45, 7) is 3.79. The highest BCUT2D eigenvalue weighted by Crippen LogP contribution is 2.44. The van der Waals surface area contributed by atoms with E-state index in [1.807, 2.05) is 44.2 Å². The topological polar surface area (TPSA) is 66.4 Å². The molecule has 1 aliphatic carbocycles. The molecular weight excluding hydrogens is 266 g/mol. The second-order valence-corrected chi connectivity index (χ2v) is 5.98. The predicted molar refractivity (Wildman–Crippen MR) is 81.0 cm³/mol. The Balaban J connectivity index is 2.19. The molecule has 0 heterocycles. The molecule has 1 saturated carbocycles. The number of hydrogen-bond acceptors (Lipinski definition) is 2. The van der Waals surface area contributed by atoms with Gasteiger partial charge in [0.1, 0.15) is 6.04 Å². The van der Waals surface area contributed by atoms with E-state index in [0.29, 0.717) is 0 Å². The maximum atomic E-state index is 12.7. The van der Waals surface area contributed by atoms with Crippen molar-refractivity contribution < 1.29 is 14.7 Å². The first-order valence-electron chi connectivity index (χ1n) is 7.60. The van der Waals surface area contributed by atoms with Crippen LogP contribution >= 0.6 is 0 Å². The molecule has 0 radical (unpaired) electrons. The maximum absolute atomic E-state index is 12.7. The van der Waals surface area contributed by atoms with Gasteiger partial charge in [-0.3, -0.25) is 4.79 Å². The first-order valence-corrected chi connectivity index (χ1v) is 7.60. The lowest BCUT2D eigenvalue weighted by Gasteiger charge is -2.41. The number of rotatable bonds is 6. The Morgan fingerprint density at radius 3 is 2.33 bits per heavy atom. The minimum absolute atomic E-state index is 0.0839. The van der Waals surface area contributed by atoms with Crippen LogP contribution in [-0.2, 0) is 15.0 Å². The average molecular weight is 289 g/mol. The first-order chi connectivity index (χ1) is 10.0. The summed E-state index contributed by atoms with van der Waals surface area (Å²) in [5.74, 6) is -1.19. The van der Waals surface area contributed by atoms with Gasteiger partial charge < -0.3 is 10.4 Å². The van der Waals surface area contributed by atoms with E-state index in [2.05, 4.69) is 5.32 Å². The van der Waals surface area contributed by atoms with Gasteiger partial charge in [-0.25, -0.2) is 4.79 Å². The van der Waals surface area contributed by atoms with Gasteiger partial charge in [0.15, 0.2) is 0 Å². The first kappa shape index (κ1) is 15.5. The summed E-state index contributed by atoms with van der Waals surface area (Å²) in [4.78, 5) is 24.1. The number of aliphatic carboxylic acids is 1. The van der Waals surface area contributed by atoms with Gasteiger partial charge in [0.05, 0.1) is 5.41 Å². The molecule has 0 bridgehead atoms. The van der Waals surface area contributed by atoms with E-state index < -0.39 is 17.4 Å². The monoisotopic (exact) mass is 289 g/mol. The van der Waals surface area contributed by atoms with E-state index in [-0.39, 0.29) is 11.8 Å². The van der Waals surface area contributed by atoms with Crippen LogP contribution in [-0.4, -0.2) is 23.0 Å². The molecule has 2 atom stereocenters. The standard InChI is InChI=1S/C17H23NO3/c1-3-12(2)14(15(19)20)18-16(21)17(10-7-11-17)13-8-5-4-6-9-13/h4-6,8-9,12,14H,3,7,10-11H2,1-2H3,(H,18,21)(H,19,20)/t12?,14-/m0/s1. The summed E-state index contributed by atoms with van der Waals surface area (Å²) < 4.78 is 0. The number of carbonyl (C=O) groups is 2. The molecule has 21 heavy (non-hydrogen) atoms. The van der Waals surface area contributed by atoms with Crippen molar-refractivity contribution in [2.45, 2.75) is 51.0 Å². The maximum Gasteiger partial charge on any atom is 0.326 e. The second kappa shape index (κ2) is 6.29. The number of nitrogens with one attached hydrogen (secondary N) is 1. The van der Waals surface area contributed by atoms with Crippen LogP contribution in [0, 0.1) is 5.92 Å². The summed E-state index contributed by atoms with van der Waals surface area (Å²) in [5.41, 5.74) is 0.449. The average Bonchev–Trinajstić information content (AvgIpc) is 2.43. The lowest BCUT2D eigenvalue weighted by Crippen LogP contribution is -2.55. The number of carbonyl (C=O) groups excluding carboxylic acids is 1. The van der Waals surface area contributed by atoms with E-state index in [0.717, 1.165) is 31.2 Å². The van der Waals surface area contributed by atoms with Gasteiger partial charge in [0.25, 0.3) is 0 Å². The van der Waals surface area contributed by atoms with Gasteiger partial charge in [-0.2, -0.15) is 0 Å². The third-order valence-corrected chi connectivity index (χ3v) is 4.73. The van der Waals surface area contributed by atoms with Gasteiger partial charge in [0, 0.05) is 0 Å². The summed E-state index contributed by atoms with van der Waals surface area (Å²) in [6, 6.07) is 8.87. The van der Waals surface area contributed by atoms with E-state index in [1.54, 1.807) is 0 Å². The Kier molecular flexibility index (Phi) is 4.66. The fourth-order valence-electron chi connectivity index (χ4n) is 2.90. The molecule has 1 aromatic carbocycles. The zero-order valence-corrected chi connectivity index (χ0v) is 12.6. The summed E-state index contributed by atoms with van der Waals surface area (Å²) >= 11 is 0. The van der Waals surface area contributed by atoms with Crippen molar-refractivity contribution in [3.8, 4) is 0 Å². The van der Waals surface area contributed by atoms with Crippen molar-refractivity contribution >= 4 is 11.9 Å². The predicted octanol–water partition coefficient (Wildman–Crippen LogP) is 2.72. The van der Waals surface area contributed by atoms with Crippen molar-refractivity contribution in [3.63, 3.8) is 0 Å². The van der Waals surface area contributed by atoms with Crippen LogP contribution in [0.25, 0.3) is 0 Å². The SMILES string of the molecule is CCC(C)[C@H](NC(=O)C1(c2ccccc2)CCC1)C(=O)O. The van der Waals surface area contributed by atoms with Crippen LogP contribution in [0.5, 0.6) is 0 Å². The Morgan fingerprint density at radius 2 is 1.90 bits per heavy atom. The minimum Gasteiger partial charge on any atom is -0.480 e. The molecule has 1 amide bonds. The van der Waals surface area contributed by atoms with Crippen LogP contribution in [0.3, 0.4) is 0 Å². The van der Waals surface area contributed by atoms with Crippen molar-refractivity contribution in [2.75, 3.05) is 0 Å². The largest absolute Gasteiger partial charge is 0.480 e. The summed E-state index contributed by atoms with van der Waals surface area (Å²) in [6.07, 6.45) is 3.30. The molecule has 0 aliphatic heterocycles. The third kappa shape index (κ3) is 2.94. The zero-order chi connectivity index (χ0) is 15.5. The molecule has 2 rings (SSSR count). The molecule has 1 aromatic rings. The van der Waals surface area contributed by atoms with E-state index in [4.69, 9.17) is 0 Å². The number of carboxylic acid groups (broad SMARTS) is 1. The molecular formula is C17H23NO3. The second-order valence-electron chi connectivity index (χ2n) is 5.98. The zero-order valence-electron chi connectivity index (χ0n) is 12.6. The Hall–Kier alpha value is -1.84. The molecule has 1 fully saturated rings. The van der Waals surface area contributed by atoms with Gasteiger partial charge >= 0.3 is 5.97 Å². The van der Waals surface area contributed by atoms with E-state index in [9.17, 15) is 14.7 Å². The highest BCUT2D eigenvalue weighted by Gasteiger charge is 2.46. The number of amides is 1. The molecule has 4 nitrogen and oxygen atoms in total. The molecule has 114 valence electrons. The Morgan fingerprint density at radius 1 is 1.29 bits per heavy atom. The normalized spacial score (nSPS) is 19.1. The molecule has 2 N–H and O–H groups in total. The van der Waals surface area contributed by atoms with Crippen molar-refractivity contribution in [2.24, 2.45) is 5.92 Å². The van der Waals surface area contributed by atoms with Gasteiger partial charge in [-0.05, 0) is 24.3 Å². The molecule has 1 unspecified atom stereocenters. The fraction of sp³-hybridized carbons (Fsp3) is 0.529. The van der Waals surface area contributed by atoms with E-state index in [1.165, 1.54) is 0 Å². The summed E-state index contributed by atoms with van der Waals surface area (Å²) in [5, 5.41) is 12.1. The van der Waals surface area contributed by atoms with Gasteiger partial charge in [-0.1, -0.05) is 57.0 Å².